The molecule has 4 heterocycles. The number of aromatic carboxylic acids is 1. The highest BCUT2D eigenvalue weighted by molar-refractivity contribution is 6.31. The number of hydrogen-bond donors (Lipinski definition) is 5. The number of carboxylic acids is 2. The first-order valence-electron chi connectivity index (χ1n) is 37.1. The number of aliphatic carboxylic acids is 1. The Morgan fingerprint density at radius 2 is 0.697 bits per heavy atom. The second-order valence-corrected chi connectivity index (χ2v) is 27.6. The predicted molar refractivity (Wildman–Crippen MR) is 461 cm³/mol. The van der Waals surface area contributed by atoms with Gasteiger partial charge in [0.1, 0.15) is 11.5 Å². The molecular weight excluding hydrogens is 1660 g/mol. The number of carbonyl (C=O) groups excluding carboxylic acids is 3. The maximum absolute atomic E-state index is 12.6. The fraction of sp³-hybridized carbons (Fsp3) is 0.161. The quantitative estimate of drug-likeness (QED) is 0.0262. The molecule has 28 nitrogen and oxygen atoms in total. The van der Waals surface area contributed by atoms with Crippen molar-refractivity contribution in [2.75, 3.05) is 75.2 Å². The number of alkyl halides is 3. The summed E-state index contributed by atoms with van der Waals surface area (Å²) in [5.74, 6) is -2.20. The van der Waals surface area contributed by atoms with Gasteiger partial charge in [-0.15, -0.1) is 30.6 Å². The van der Waals surface area contributed by atoms with Gasteiger partial charge in [0.05, 0.1) is 47.1 Å². The van der Waals surface area contributed by atoms with Gasteiger partial charge in [0, 0.05) is 64.0 Å². The van der Waals surface area contributed by atoms with Crippen LogP contribution in [0, 0.1) is 0 Å². The highest BCUT2D eigenvalue weighted by Gasteiger charge is 2.38. The van der Waals surface area contributed by atoms with E-state index < -0.39 is 36.0 Å². The second kappa shape index (κ2) is 43.0. The Balaban J connectivity index is 0.000000168. The number of anilines is 8. The molecule has 0 saturated heterocycles. The third-order valence-electron chi connectivity index (χ3n) is 17.9. The number of methoxy groups -OCH3 is 2. The number of benzene rings is 10. The van der Waals surface area contributed by atoms with Crippen LogP contribution in [0.3, 0.4) is 0 Å². The van der Waals surface area contributed by atoms with Gasteiger partial charge in [0.15, 0.2) is 23.3 Å². The minimum Gasteiger partial charge on any atom is -0.497 e. The molecule has 5 N–H and O–H groups in total. The molecule has 4 aromatic heterocycles. The smallest absolute Gasteiger partial charge is 0.490 e. The Hall–Kier alpha value is -14.1. The first-order valence-corrected chi connectivity index (χ1v) is 38.6. The van der Waals surface area contributed by atoms with Crippen LogP contribution in [0.15, 0.2) is 243 Å². The van der Waals surface area contributed by atoms with Crippen molar-refractivity contribution in [3.63, 3.8) is 0 Å². The van der Waals surface area contributed by atoms with Gasteiger partial charge in [-0.3, -0.25) is 0 Å². The molecule has 10 aromatic carbocycles. The number of aromatic nitrogens is 12. The summed E-state index contributed by atoms with van der Waals surface area (Å²) < 4.78 is 60.9. The Labute approximate surface area is 717 Å². The fourth-order valence-corrected chi connectivity index (χ4v) is 12.1. The summed E-state index contributed by atoms with van der Waals surface area (Å²) in [4.78, 5) is 62.4. The zero-order valence-corrected chi connectivity index (χ0v) is 69.6. The second-order valence-electron chi connectivity index (χ2n) is 25.9. The van der Waals surface area contributed by atoms with Gasteiger partial charge in [-0.1, -0.05) is 178 Å². The monoisotopic (exact) mass is 1740 g/mol. The molecule has 0 saturated carbocycles. The first-order chi connectivity index (χ1) is 58.7. The largest absolute Gasteiger partial charge is 0.497 e. The number of ether oxygens (including phenoxy) is 5. The van der Waals surface area contributed by atoms with E-state index in [4.69, 9.17) is 85.1 Å². The summed E-state index contributed by atoms with van der Waals surface area (Å²) in [6, 6.07) is 77.4. The SMILES string of the molecule is CCOC(=O)c1n[nH]nc1N(C)c1ccc(-c2ccc(Cl)cc2)cc1.CCOC(=O)c1nnn(Cc2ccc(OC)cc2)c1N(C)c1ccc(-c2ccc(Cl)cc2)cc1.CCOC(=O)c1nnn(Cc2ccc(OC)cc2)c1Nc1ccc(-c2ccc(Cl)cc2)cc1.CN(c1ccc(-c2ccc(Cl)cc2)cc1)c1n[nH]nc1C(=O)O.O=C(O)C(F)(F)F. The lowest BCUT2D eigenvalue weighted by atomic mass is 10.1. The number of esters is 3. The van der Waals surface area contributed by atoms with Gasteiger partial charge in [0.25, 0.3) is 0 Å². The number of nitrogens with one attached hydrogen (secondary N) is 3. The van der Waals surface area contributed by atoms with Crippen molar-refractivity contribution in [1.29, 1.82) is 0 Å². The maximum atomic E-state index is 12.6. The lowest BCUT2D eigenvalue weighted by Gasteiger charge is -2.21. The van der Waals surface area contributed by atoms with Crippen LogP contribution >= 0.6 is 46.4 Å². The summed E-state index contributed by atoms with van der Waals surface area (Å²) in [6.45, 7) is 6.89. The molecular formula is C87H79Cl4F3N16O12. The van der Waals surface area contributed by atoms with Gasteiger partial charge in [-0.2, -0.15) is 23.6 Å². The standard InChI is InChI=1S/C26H25ClN4O3.C25H23ClN4O3.C18H17ClN4O2.C16H13ClN4O2.C2HF3O2/c1-4-34-26(32)24-25(31(29-28-24)17-18-5-15-23(33-3)16-6-18)30(2)22-13-9-20(10-14-22)19-7-11-21(27)12-8-19;1-3-33-25(31)23-24(30(29-28-23)16-17-4-14-22(32-2)15-5-17)27-21-12-8-19(9-13-21)18-6-10-20(26)11-7-18;1-3-25-18(24)16-17(21-22-20-16)23(2)15-10-6-13(7-11-15)12-4-8-14(19)9-5-12;1-21(15-14(16(22)23)18-20-19-15)13-8-4-11(5-9-13)10-2-6-12(17)7-3-10;3-2(4,5)1(6)7/h5-16H,4,17H2,1-3H3;4-15,27H,3,16H2,1-2H3;4-11H,3H2,1-2H3,(H,20,21,22);2-9H,1H3,(H,22,23)(H,18,19,20);(H,6,7). The molecule has 0 aliphatic carbocycles. The molecule has 0 aliphatic heterocycles. The third kappa shape index (κ3) is 24.3. The van der Waals surface area contributed by atoms with Crippen LogP contribution in [-0.4, -0.2) is 162 Å². The molecule has 0 aliphatic rings. The van der Waals surface area contributed by atoms with Gasteiger partial charge in [-0.05, 0) is 198 Å². The van der Waals surface area contributed by atoms with Gasteiger partial charge < -0.3 is 53.9 Å². The number of carboxylic acid groups (broad SMARTS) is 2. The van der Waals surface area contributed by atoms with Crippen LogP contribution in [0.2, 0.25) is 20.1 Å². The Morgan fingerprint density at radius 1 is 0.402 bits per heavy atom. The lowest BCUT2D eigenvalue weighted by Crippen LogP contribution is -2.21. The average Bonchev–Trinajstić information content (AvgIpc) is 1.64. The number of aromatic amines is 2. The molecule has 628 valence electrons. The summed E-state index contributed by atoms with van der Waals surface area (Å²) >= 11 is 23.8. The van der Waals surface area contributed by atoms with E-state index in [0.29, 0.717) is 50.6 Å². The number of hydrogen-bond acceptors (Lipinski definition) is 22. The number of halogens is 7. The molecule has 0 atom stereocenters. The molecule has 0 amide bonds. The molecule has 14 aromatic rings. The topological polar surface area (TPSA) is 338 Å². The molecule has 0 fully saturated rings. The molecule has 0 radical (unpaired) electrons. The number of H-pyrrole nitrogens is 2. The van der Waals surface area contributed by atoms with Crippen molar-refractivity contribution in [3.05, 3.63) is 297 Å². The van der Waals surface area contributed by atoms with E-state index in [1.165, 1.54) is 0 Å². The molecule has 14 rings (SSSR count). The Kier molecular flexibility index (Phi) is 31.8. The Morgan fingerprint density at radius 3 is 1.04 bits per heavy atom. The van der Waals surface area contributed by atoms with Crippen LogP contribution in [-0.2, 0) is 32.1 Å². The summed E-state index contributed by atoms with van der Waals surface area (Å²) in [5, 5.41) is 59.3. The summed E-state index contributed by atoms with van der Waals surface area (Å²) in [6.07, 6.45) is -5.08. The normalized spacial score (nSPS) is 10.6. The zero-order valence-electron chi connectivity index (χ0n) is 66.6. The minimum atomic E-state index is -5.08. The molecule has 0 bridgehead atoms. The lowest BCUT2D eigenvalue weighted by molar-refractivity contribution is -0.192. The summed E-state index contributed by atoms with van der Waals surface area (Å²) in [7, 11) is 8.68. The maximum Gasteiger partial charge on any atom is 0.490 e. The van der Waals surface area contributed by atoms with E-state index >= 15 is 0 Å². The van der Waals surface area contributed by atoms with E-state index in [-0.39, 0.29) is 48.4 Å². The number of rotatable bonds is 25. The van der Waals surface area contributed by atoms with Gasteiger partial charge >= 0.3 is 36.0 Å². The number of carbonyl (C=O) groups is 5. The van der Waals surface area contributed by atoms with Crippen molar-refractivity contribution in [1.82, 2.24) is 60.8 Å². The minimum absolute atomic E-state index is 0.116. The van der Waals surface area contributed by atoms with E-state index in [0.717, 1.165) is 89.9 Å². The zero-order chi connectivity index (χ0) is 87.6. The molecule has 122 heavy (non-hydrogen) atoms. The van der Waals surface area contributed by atoms with Crippen LogP contribution in [0.4, 0.5) is 59.2 Å². The van der Waals surface area contributed by atoms with E-state index in [9.17, 15) is 32.3 Å². The van der Waals surface area contributed by atoms with Crippen LogP contribution in [0.5, 0.6) is 11.5 Å². The van der Waals surface area contributed by atoms with Crippen LogP contribution in [0.1, 0.15) is 73.9 Å². The molecule has 0 unspecified atom stereocenters. The predicted octanol–water partition coefficient (Wildman–Crippen LogP) is 19.5. The van der Waals surface area contributed by atoms with Crippen molar-refractivity contribution in [3.8, 4) is 56.0 Å². The van der Waals surface area contributed by atoms with E-state index in [1.807, 2.05) is 262 Å². The van der Waals surface area contributed by atoms with E-state index in [1.54, 1.807) is 61.2 Å². The van der Waals surface area contributed by atoms with E-state index in [2.05, 4.69) is 56.8 Å². The average molecular weight is 1740 g/mol. The number of nitrogens with zero attached hydrogens (tertiary/aromatic N) is 13. The van der Waals surface area contributed by atoms with Crippen molar-refractivity contribution >= 4 is 122 Å². The van der Waals surface area contributed by atoms with Crippen LogP contribution in [0.25, 0.3) is 44.5 Å². The van der Waals surface area contributed by atoms with Crippen molar-refractivity contribution < 1.29 is 71.0 Å². The third-order valence-corrected chi connectivity index (χ3v) is 18.9. The van der Waals surface area contributed by atoms with Crippen molar-refractivity contribution in [2.24, 2.45) is 0 Å². The fourth-order valence-electron chi connectivity index (χ4n) is 11.6. The van der Waals surface area contributed by atoms with Gasteiger partial charge in [0.2, 0.25) is 22.8 Å². The Bertz CT molecular complexity index is 5780. The molecule has 35 heteroatoms. The highest BCUT2D eigenvalue weighted by Crippen LogP contribution is 2.35. The summed E-state index contributed by atoms with van der Waals surface area (Å²) in [5.41, 5.74) is 14.1. The van der Waals surface area contributed by atoms with Crippen LogP contribution < -0.4 is 29.5 Å². The first kappa shape index (κ1) is 90.2. The highest BCUT2D eigenvalue weighted by atomic mass is 35.5. The molecule has 0 spiro atoms. The van der Waals surface area contributed by atoms with Crippen molar-refractivity contribution in [2.45, 2.75) is 40.0 Å². The van der Waals surface area contributed by atoms with Gasteiger partial charge in [-0.25, -0.2) is 33.3 Å².